The standard InChI is InChI=1S/C12H21N3O2.ClH/c1-14-6-4-9(7-11(14)16)12(17)15(2)10-3-5-13-8-10;/h9-10,13H,3-8H2,1-2H3;1H. The zero-order chi connectivity index (χ0) is 12.4. The van der Waals surface area contributed by atoms with Crippen LogP contribution in [-0.4, -0.2) is 61.4 Å². The maximum Gasteiger partial charge on any atom is 0.226 e. The van der Waals surface area contributed by atoms with Crippen LogP contribution in [0.3, 0.4) is 0 Å². The fourth-order valence-electron chi connectivity index (χ4n) is 2.59. The number of hydrogen-bond acceptors (Lipinski definition) is 3. The van der Waals surface area contributed by atoms with Crippen LogP contribution >= 0.6 is 12.4 Å². The van der Waals surface area contributed by atoms with Crippen LogP contribution in [0.1, 0.15) is 19.3 Å². The summed E-state index contributed by atoms with van der Waals surface area (Å²) in [4.78, 5) is 27.4. The van der Waals surface area contributed by atoms with Gasteiger partial charge in [-0.25, -0.2) is 0 Å². The third-order valence-corrected chi connectivity index (χ3v) is 3.94. The minimum Gasteiger partial charge on any atom is -0.346 e. The van der Waals surface area contributed by atoms with E-state index in [4.69, 9.17) is 0 Å². The van der Waals surface area contributed by atoms with Crippen molar-refractivity contribution in [1.82, 2.24) is 15.1 Å². The molecule has 0 saturated carbocycles. The van der Waals surface area contributed by atoms with Gasteiger partial charge in [0, 0.05) is 45.6 Å². The number of carbonyl (C=O) groups excluding carboxylic acids is 2. The topological polar surface area (TPSA) is 52.7 Å². The molecule has 2 rings (SSSR count). The molecule has 0 aromatic carbocycles. The molecule has 0 bridgehead atoms. The molecular formula is C12H22ClN3O2. The first-order valence-electron chi connectivity index (χ1n) is 6.31. The van der Waals surface area contributed by atoms with E-state index >= 15 is 0 Å². The lowest BCUT2D eigenvalue weighted by Crippen LogP contribution is -2.46. The van der Waals surface area contributed by atoms with E-state index < -0.39 is 0 Å². The van der Waals surface area contributed by atoms with E-state index in [2.05, 4.69) is 5.32 Å². The van der Waals surface area contributed by atoms with Crippen molar-refractivity contribution < 1.29 is 9.59 Å². The Kier molecular flexibility index (Phi) is 5.41. The van der Waals surface area contributed by atoms with Crippen LogP contribution in [0.15, 0.2) is 0 Å². The molecule has 18 heavy (non-hydrogen) atoms. The minimum absolute atomic E-state index is 0. The van der Waals surface area contributed by atoms with Crippen LogP contribution in [0.25, 0.3) is 0 Å². The van der Waals surface area contributed by atoms with Gasteiger partial charge in [0.25, 0.3) is 0 Å². The summed E-state index contributed by atoms with van der Waals surface area (Å²) in [5.41, 5.74) is 0. The molecular weight excluding hydrogens is 254 g/mol. The van der Waals surface area contributed by atoms with E-state index in [9.17, 15) is 9.59 Å². The summed E-state index contributed by atoms with van der Waals surface area (Å²) in [5.74, 6) is 0.122. The second-order valence-corrected chi connectivity index (χ2v) is 5.10. The summed E-state index contributed by atoms with van der Waals surface area (Å²) in [7, 11) is 3.66. The van der Waals surface area contributed by atoms with Crippen molar-refractivity contribution in [3.05, 3.63) is 0 Å². The number of halogens is 1. The molecule has 2 atom stereocenters. The number of likely N-dealkylation sites (tertiary alicyclic amines) is 1. The summed E-state index contributed by atoms with van der Waals surface area (Å²) >= 11 is 0. The van der Waals surface area contributed by atoms with E-state index in [1.807, 2.05) is 11.9 Å². The molecule has 0 aromatic rings. The largest absolute Gasteiger partial charge is 0.346 e. The summed E-state index contributed by atoms with van der Waals surface area (Å²) in [6.07, 6.45) is 2.19. The van der Waals surface area contributed by atoms with Gasteiger partial charge in [0.15, 0.2) is 0 Å². The van der Waals surface area contributed by atoms with Crippen LogP contribution in [0, 0.1) is 5.92 Å². The Hall–Kier alpha value is -0.810. The van der Waals surface area contributed by atoms with Gasteiger partial charge in [-0.1, -0.05) is 0 Å². The Morgan fingerprint density at radius 1 is 1.44 bits per heavy atom. The molecule has 6 heteroatoms. The quantitative estimate of drug-likeness (QED) is 0.778. The van der Waals surface area contributed by atoms with Crippen molar-refractivity contribution in [3.63, 3.8) is 0 Å². The van der Waals surface area contributed by atoms with E-state index in [-0.39, 0.29) is 30.1 Å². The molecule has 1 N–H and O–H groups in total. The van der Waals surface area contributed by atoms with Gasteiger partial charge in [-0.15, -0.1) is 12.4 Å². The Bertz CT molecular complexity index is 318. The minimum atomic E-state index is -0.107. The molecule has 2 heterocycles. The van der Waals surface area contributed by atoms with Gasteiger partial charge < -0.3 is 15.1 Å². The molecule has 0 aliphatic carbocycles. The fourth-order valence-corrected chi connectivity index (χ4v) is 2.59. The second-order valence-electron chi connectivity index (χ2n) is 5.10. The first-order chi connectivity index (χ1) is 8.09. The van der Waals surface area contributed by atoms with Crippen LogP contribution in [-0.2, 0) is 9.59 Å². The molecule has 2 aliphatic rings. The van der Waals surface area contributed by atoms with Gasteiger partial charge in [0.2, 0.25) is 11.8 Å². The van der Waals surface area contributed by atoms with Gasteiger partial charge in [-0.05, 0) is 19.4 Å². The first-order valence-corrected chi connectivity index (χ1v) is 6.31. The van der Waals surface area contributed by atoms with Gasteiger partial charge in [0.1, 0.15) is 0 Å². The highest BCUT2D eigenvalue weighted by molar-refractivity contribution is 5.87. The highest BCUT2D eigenvalue weighted by atomic mass is 35.5. The summed E-state index contributed by atoms with van der Waals surface area (Å²) in [6.45, 7) is 2.56. The molecule has 2 fully saturated rings. The van der Waals surface area contributed by atoms with E-state index in [1.54, 1.807) is 11.9 Å². The molecule has 0 radical (unpaired) electrons. The van der Waals surface area contributed by atoms with Gasteiger partial charge in [0.05, 0.1) is 0 Å². The van der Waals surface area contributed by atoms with Gasteiger partial charge >= 0.3 is 0 Å². The predicted octanol–water partition coefficient (Wildman–Crippen LogP) is 0.0969. The molecule has 2 aliphatic heterocycles. The van der Waals surface area contributed by atoms with Crippen molar-refractivity contribution >= 4 is 24.2 Å². The molecule has 2 saturated heterocycles. The smallest absolute Gasteiger partial charge is 0.226 e. The van der Waals surface area contributed by atoms with Crippen LogP contribution in [0.4, 0.5) is 0 Å². The Morgan fingerprint density at radius 3 is 2.72 bits per heavy atom. The molecule has 2 unspecified atom stereocenters. The Labute approximate surface area is 114 Å². The highest BCUT2D eigenvalue weighted by Gasteiger charge is 2.33. The van der Waals surface area contributed by atoms with Gasteiger partial charge in [-0.3, -0.25) is 9.59 Å². The highest BCUT2D eigenvalue weighted by Crippen LogP contribution is 2.21. The van der Waals surface area contributed by atoms with Crippen molar-refractivity contribution in [3.8, 4) is 0 Å². The number of nitrogens with zero attached hydrogens (tertiary/aromatic N) is 2. The van der Waals surface area contributed by atoms with Crippen molar-refractivity contribution in [2.45, 2.75) is 25.3 Å². The van der Waals surface area contributed by atoms with Crippen LogP contribution in [0.5, 0.6) is 0 Å². The third kappa shape index (κ3) is 3.14. The average Bonchev–Trinajstić information content (AvgIpc) is 2.84. The van der Waals surface area contributed by atoms with Crippen molar-refractivity contribution in [2.75, 3.05) is 33.7 Å². The summed E-state index contributed by atoms with van der Waals surface area (Å²) in [6, 6.07) is 0.303. The summed E-state index contributed by atoms with van der Waals surface area (Å²) in [5, 5.41) is 3.26. The number of likely N-dealkylation sites (N-methyl/N-ethyl adjacent to an activating group) is 1. The lowest BCUT2D eigenvalue weighted by Gasteiger charge is -2.32. The van der Waals surface area contributed by atoms with Crippen LogP contribution < -0.4 is 5.32 Å². The van der Waals surface area contributed by atoms with E-state index in [1.165, 1.54) is 0 Å². The van der Waals surface area contributed by atoms with Crippen LogP contribution in [0.2, 0.25) is 0 Å². The Balaban J connectivity index is 0.00000162. The zero-order valence-electron chi connectivity index (χ0n) is 11.0. The first kappa shape index (κ1) is 15.2. The van der Waals surface area contributed by atoms with E-state index in [0.717, 1.165) is 25.9 Å². The van der Waals surface area contributed by atoms with E-state index in [0.29, 0.717) is 19.0 Å². The lowest BCUT2D eigenvalue weighted by molar-refractivity contribution is -0.144. The number of piperidine rings is 1. The normalized spacial score (nSPS) is 27.9. The molecule has 0 aromatic heterocycles. The zero-order valence-corrected chi connectivity index (χ0v) is 11.8. The van der Waals surface area contributed by atoms with Crippen molar-refractivity contribution in [2.24, 2.45) is 5.92 Å². The fraction of sp³-hybridized carbons (Fsp3) is 0.833. The summed E-state index contributed by atoms with van der Waals surface area (Å²) < 4.78 is 0. The monoisotopic (exact) mass is 275 g/mol. The maximum atomic E-state index is 12.3. The number of rotatable bonds is 2. The molecule has 5 nitrogen and oxygen atoms in total. The number of nitrogens with one attached hydrogen (secondary N) is 1. The molecule has 2 amide bonds. The lowest BCUT2D eigenvalue weighted by atomic mass is 9.94. The van der Waals surface area contributed by atoms with Crippen molar-refractivity contribution in [1.29, 1.82) is 0 Å². The predicted molar refractivity (Wildman–Crippen MR) is 71.7 cm³/mol. The van der Waals surface area contributed by atoms with Gasteiger partial charge in [-0.2, -0.15) is 0 Å². The number of carbonyl (C=O) groups is 2. The average molecular weight is 276 g/mol. The Morgan fingerprint density at radius 2 is 2.17 bits per heavy atom. The SMILES string of the molecule is CN1CCC(C(=O)N(C)C2CCNC2)CC1=O.Cl. The maximum absolute atomic E-state index is 12.3. The number of hydrogen-bond donors (Lipinski definition) is 1. The molecule has 104 valence electrons. The second kappa shape index (κ2) is 6.38. The molecule has 0 spiro atoms. The number of amides is 2. The third-order valence-electron chi connectivity index (χ3n) is 3.94.